The average molecular weight is 274 g/mol. The highest BCUT2D eigenvalue weighted by Gasteiger charge is 2.44. The molecule has 3 rings (SSSR count). The molecule has 0 aliphatic heterocycles. The van der Waals surface area contributed by atoms with Crippen LogP contribution in [0.4, 0.5) is 5.95 Å². The molecule has 2 atom stereocenters. The van der Waals surface area contributed by atoms with Crippen molar-refractivity contribution in [3.63, 3.8) is 0 Å². The standard InChI is InChI=1S/C14H12ClN3O/c15-12-6-7-16-14(17-12)18-13(19)11-8-10(11)9-4-2-1-3-5-9/h1-7,10-11H,8H2,(H,16,17,18,19). The maximum atomic E-state index is 12.0. The topological polar surface area (TPSA) is 54.9 Å². The molecule has 1 aromatic carbocycles. The van der Waals surface area contributed by atoms with Crippen molar-refractivity contribution in [2.24, 2.45) is 5.92 Å². The van der Waals surface area contributed by atoms with E-state index in [2.05, 4.69) is 15.3 Å². The summed E-state index contributed by atoms with van der Waals surface area (Å²) in [6.07, 6.45) is 2.39. The molecule has 0 saturated heterocycles. The number of hydrogen-bond donors (Lipinski definition) is 1. The van der Waals surface area contributed by atoms with E-state index in [0.29, 0.717) is 11.1 Å². The Morgan fingerprint density at radius 1 is 1.26 bits per heavy atom. The van der Waals surface area contributed by atoms with Gasteiger partial charge in [0.25, 0.3) is 0 Å². The van der Waals surface area contributed by atoms with Crippen molar-refractivity contribution in [3.05, 3.63) is 53.3 Å². The smallest absolute Gasteiger partial charge is 0.230 e. The van der Waals surface area contributed by atoms with E-state index in [4.69, 9.17) is 11.6 Å². The van der Waals surface area contributed by atoms with Gasteiger partial charge in [-0.15, -0.1) is 0 Å². The van der Waals surface area contributed by atoms with E-state index < -0.39 is 0 Å². The van der Waals surface area contributed by atoms with Gasteiger partial charge in [0.15, 0.2) is 0 Å². The van der Waals surface area contributed by atoms with Crippen molar-refractivity contribution in [2.75, 3.05) is 5.32 Å². The van der Waals surface area contributed by atoms with Crippen molar-refractivity contribution >= 4 is 23.5 Å². The van der Waals surface area contributed by atoms with Gasteiger partial charge < -0.3 is 0 Å². The van der Waals surface area contributed by atoms with E-state index in [0.717, 1.165) is 6.42 Å². The van der Waals surface area contributed by atoms with Crippen LogP contribution in [-0.2, 0) is 4.79 Å². The average Bonchev–Trinajstić information content (AvgIpc) is 3.20. The van der Waals surface area contributed by atoms with Gasteiger partial charge in [-0.1, -0.05) is 41.9 Å². The van der Waals surface area contributed by atoms with Crippen LogP contribution < -0.4 is 5.32 Å². The van der Waals surface area contributed by atoms with Crippen LogP contribution in [-0.4, -0.2) is 15.9 Å². The van der Waals surface area contributed by atoms with Crippen LogP contribution in [0.25, 0.3) is 0 Å². The Bertz CT molecular complexity index is 603. The van der Waals surface area contributed by atoms with Crippen molar-refractivity contribution in [1.82, 2.24) is 9.97 Å². The number of halogens is 1. The predicted octanol–water partition coefficient (Wildman–Crippen LogP) is 2.87. The monoisotopic (exact) mass is 273 g/mol. The fraction of sp³-hybridized carbons (Fsp3) is 0.214. The fourth-order valence-corrected chi connectivity index (χ4v) is 2.29. The van der Waals surface area contributed by atoms with Crippen molar-refractivity contribution in [3.8, 4) is 0 Å². The number of aromatic nitrogens is 2. The Balaban J connectivity index is 1.64. The van der Waals surface area contributed by atoms with Gasteiger partial charge in [0, 0.05) is 12.1 Å². The SMILES string of the molecule is O=C(Nc1nccc(Cl)n1)C1CC1c1ccccc1. The maximum absolute atomic E-state index is 12.0. The Hall–Kier alpha value is -1.94. The minimum Gasteiger partial charge on any atom is -0.294 e. The number of rotatable bonds is 3. The van der Waals surface area contributed by atoms with Crippen molar-refractivity contribution in [1.29, 1.82) is 0 Å². The molecule has 1 aliphatic rings. The van der Waals surface area contributed by atoms with Gasteiger partial charge in [-0.05, 0) is 24.0 Å². The molecule has 0 radical (unpaired) electrons. The molecule has 1 fully saturated rings. The highest BCUT2D eigenvalue weighted by Crippen LogP contribution is 2.47. The molecule has 1 amide bonds. The summed E-state index contributed by atoms with van der Waals surface area (Å²) in [4.78, 5) is 19.9. The first-order chi connectivity index (χ1) is 9.24. The van der Waals surface area contributed by atoms with E-state index >= 15 is 0 Å². The Kier molecular flexibility index (Phi) is 3.17. The molecule has 1 aliphatic carbocycles. The summed E-state index contributed by atoms with van der Waals surface area (Å²) in [5.41, 5.74) is 1.20. The fourth-order valence-electron chi connectivity index (χ4n) is 2.15. The third-order valence-electron chi connectivity index (χ3n) is 3.21. The van der Waals surface area contributed by atoms with Crippen LogP contribution in [0.15, 0.2) is 42.6 Å². The molecule has 1 N–H and O–H groups in total. The van der Waals surface area contributed by atoms with Gasteiger partial charge in [0.05, 0.1) is 0 Å². The van der Waals surface area contributed by atoms with Crippen LogP contribution in [0.3, 0.4) is 0 Å². The summed E-state index contributed by atoms with van der Waals surface area (Å²) in [5, 5.41) is 3.02. The Morgan fingerprint density at radius 2 is 2.05 bits per heavy atom. The summed E-state index contributed by atoms with van der Waals surface area (Å²) in [6, 6.07) is 11.6. The number of nitrogens with zero attached hydrogens (tertiary/aromatic N) is 2. The number of hydrogen-bond acceptors (Lipinski definition) is 3. The lowest BCUT2D eigenvalue weighted by Gasteiger charge is -2.03. The summed E-state index contributed by atoms with van der Waals surface area (Å²) in [5.74, 6) is 0.526. The number of carbonyl (C=O) groups is 1. The normalized spacial score (nSPS) is 20.9. The quantitative estimate of drug-likeness (QED) is 0.875. The first kappa shape index (κ1) is 12.1. The molecule has 19 heavy (non-hydrogen) atoms. The largest absolute Gasteiger partial charge is 0.294 e. The van der Waals surface area contributed by atoms with Crippen LogP contribution in [0.5, 0.6) is 0 Å². The number of amides is 1. The zero-order valence-electron chi connectivity index (χ0n) is 10.1. The third kappa shape index (κ3) is 2.74. The molecule has 1 heterocycles. The lowest BCUT2D eigenvalue weighted by atomic mass is 10.1. The number of anilines is 1. The van der Waals surface area contributed by atoms with E-state index in [-0.39, 0.29) is 17.8 Å². The van der Waals surface area contributed by atoms with Crippen LogP contribution in [0.2, 0.25) is 5.15 Å². The lowest BCUT2D eigenvalue weighted by Crippen LogP contribution is -2.16. The Morgan fingerprint density at radius 3 is 2.79 bits per heavy atom. The van der Waals surface area contributed by atoms with Crippen LogP contribution in [0.1, 0.15) is 17.9 Å². The van der Waals surface area contributed by atoms with Gasteiger partial charge >= 0.3 is 0 Å². The minimum absolute atomic E-state index is 0.00461. The summed E-state index contributed by atoms with van der Waals surface area (Å²) in [7, 11) is 0. The molecule has 1 aromatic heterocycles. The summed E-state index contributed by atoms with van der Waals surface area (Å²) >= 11 is 5.75. The van der Waals surface area contributed by atoms with Gasteiger partial charge in [-0.25, -0.2) is 9.97 Å². The molecule has 4 nitrogen and oxygen atoms in total. The molecule has 0 spiro atoms. The zero-order chi connectivity index (χ0) is 13.2. The third-order valence-corrected chi connectivity index (χ3v) is 3.42. The second-order valence-electron chi connectivity index (χ2n) is 4.55. The summed E-state index contributed by atoms with van der Waals surface area (Å²) < 4.78 is 0. The maximum Gasteiger partial charge on any atom is 0.230 e. The molecule has 2 unspecified atom stereocenters. The lowest BCUT2D eigenvalue weighted by molar-refractivity contribution is -0.117. The Labute approximate surface area is 115 Å². The zero-order valence-corrected chi connectivity index (χ0v) is 10.8. The van der Waals surface area contributed by atoms with E-state index in [1.807, 2.05) is 30.3 Å². The second-order valence-corrected chi connectivity index (χ2v) is 4.94. The van der Waals surface area contributed by atoms with Crippen LogP contribution >= 0.6 is 11.6 Å². The number of carbonyl (C=O) groups excluding carboxylic acids is 1. The van der Waals surface area contributed by atoms with Crippen molar-refractivity contribution in [2.45, 2.75) is 12.3 Å². The predicted molar refractivity (Wildman–Crippen MR) is 73.0 cm³/mol. The molecule has 2 aromatic rings. The first-order valence-electron chi connectivity index (χ1n) is 6.08. The van der Waals surface area contributed by atoms with E-state index in [1.165, 1.54) is 11.8 Å². The molecule has 5 heteroatoms. The van der Waals surface area contributed by atoms with Gasteiger partial charge in [-0.2, -0.15) is 0 Å². The molecule has 0 bridgehead atoms. The van der Waals surface area contributed by atoms with Crippen LogP contribution in [0, 0.1) is 5.92 Å². The van der Waals surface area contributed by atoms with Crippen molar-refractivity contribution < 1.29 is 4.79 Å². The van der Waals surface area contributed by atoms with E-state index in [1.54, 1.807) is 6.07 Å². The van der Waals surface area contributed by atoms with Gasteiger partial charge in [-0.3, -0.25) is 10.1 Å². The number of nitrogens with one attached hydrogen (secondary N) is 1. The minimum atomic E-state index is -0.0453. The molecule has 1 saturated carbocycles. The molecular weight excluding hydrogens is 262 g/mol. The van der Waals surface area contributed by atoms with E-state index in [9.17, 15) is 4.79 Å². The second kappa shape index (κ2) is 4.97. The van der Waals surface area contributed by atoms with Gasteiger partial charge in [0.1, 0.15) is 5.15 Å². The highest BCUT2D eigenvalue weighted by molar-refractivity contribution is 6.29. The number of benzene rings is 1. The van der Waals surface area contributed by atoms with Gasteiger partial charge in [0.2, 0.25) is 11.9 Å². The first-order valence-corrected chi connectivity index (χ1v) is 6.46. The molecular formula is C14H12ClN3O. The summed E-state index contributed by atoms with van der Waals surface area (Å²) in [6.45, 7) is 0. The molecule has 96 valence electrons. The highest BCUT2D eigenvalue weighted by atomic mass is 35.5.